The number of anilines is 1. The van der Waals surface area contributed by atoms with Gasteiger partial charge in [0.15, 0.2) is 0 Å². The lowest BCUT2D eigenvalue weighted by Gasteiger charge is -2.23. The lowest BCUT2D eigenvalue weighted by Crippen LogP contribution is -2.37. The fraction of sp³-hybridized carbons (Fsp3) is 0.500. The van der Waals surface area contributed by atoms with E-state index in [0.29, 0.717) is 13.0 Å². The van der Waals surface area contributed by atoms with E-state index in [2.05, 4.69) is 0 Å². The van der Waals surface area contributed by atoms with Gasteiger partial charge in [0.1, 0.15) is 0 Å². The second-order valence-corrected chi connectivity index (χ2v) is 6.16. The largest absolute Gasteiger partial charge is 0.481 e. The third kappa shape index (κ3) is 4.34. The van der Waals surface area contributed by atoms with Crippen molar-refractivity contribution in [1.82, 2.24) is 4.90 Å². The van der Waals surface area contributed by atoms with Gasteiger partial charge in [-0.05, 0) is 31.0 Å². The molecule has 6 heteroatoms. The number of carboxylic acid groups (broad SMARTS) is 1. The second kappa shape index (κ2) is 7.95. The van der Waals surface area contributed by atoms with Gasteiger partial charge in [0.25, 0.3) is 0 Å². The van der Waals surface area contributed by atoms with Crippen molar-refractivity contribution in [2.75, 3.05) is 24.5 Å². The molecule has 1 saturated heterocycles. The summed E-state index contributed by atoms with van der Waals surface area (Å²) in [6, 6.07) is 7.44. The van der Waals surface area contributed by atoms with Gasteiger partial charge in [0.2, 0.25) is 11.8 Å². The molecule has 0 spiro atoms. The molecule has 0 saturated carbocycles. The van der Waals surface area contributed by atoms with E-state index in [9.17, 15) is 14.4 Å². The first-order valence-electron chi connectivity index (χ1n) is 8.32. The average Bonchev–Trinajstić information content (AvgIpc) is 2.98. The predicted molar refractivity (Wildman–Crippen MR) is 90.8 cm³/mol. The molecular formula is C18H24N2O4. The maximum absolute atomic E-state index is 12.4. The first-order chi connectivity index (χ1) is 11.4. The Bertz CT molecular complexity index is 612. The van der Waals surface area contributed by atoms with Crippen LogP contribution in [0.15, 0.2) is 24.3 Å². The molecule has 1 N–H and O–H groups in total. The molecule has 1 fully saturated rings. The Labute approximate surface area is 142 Å². The minimum absolute atomic E-state index is 0.0874. The van der Waals surface area contributed by atoms with Gasteiger partial charge < -0.3 is 14.9 Å². The summed E-state index contributed by atoms with van der Waals surface area (Å²) in [4.78, 5) is 38.4. The van der Waals surface area contributed by atoms with Gasteiger partial charge >= 0.3 is 5.97 Å². The number of benzene rings is 1. The second-order valence-electron chi connectivity index (χ2n) is 6.16. The summed E-state index contributed by atoms with van der Waals surface area (Å²) in [5.74, 6) is -1.44. The number of amides is 2. The summed E-state index contributed by atoms with van der Waals surface area (Å²) in [6.07, 6.45) is 1.70. The Morgan fingerprint density at radius 1 is 1.29 bits per heavy atom. The molecule has 1 aliphatic heterocycles. The maximum atomic E-state index is 12.4. The zero-order valence-corrected chi connectivity index (χ0v) is 14.2. The number of carbonyl (C=O) groups excluding carboxylic acids is 2. The predicted octanol–water partition coefficient (Wildman–Crippen LogP) is 1.93. The van der Waals surface area contributed by atoms with Crippen LogP contribution in [0.3, 0.4) is 0 Å². The van der Waals surface area contributed by atoms with Gasteiger partial charge in [0, 0.05) is 31.7 Å². The van der Waals surface area contributed by atoms with Crippen molar-refractivity contribution in [2.45, 2.75) is 33.1 Å². The van der Waals surface area contributed by atoms with E-state index < -0.39 is 11.9 Å². The number of carbonyl (C=O) groups is 3. The monoisotopic (exact) mass is 332 g/mol. The van der Waals surface area contributed by atoms with E-state index in [1.165, 1.54) is 0 Å². The summed E-state index contributed by atoms with van der Waals surface area (Å²) in [6.45, 7) is 4.88. The Kier molecular flexibility index (Phi) is 5.95. The molecule has 1 atom stereocenters. The van der Waals surface area contributed by atoms with Gasteiger partial charge in [-0.2, -0.15) is 0 Å². The highest BCUT2D eigenvalue weighted by molar-refractivity contribution is 5.95. The summed E-state index contributed by atoms with van der Waals surface area (Å²) in [5, 5.41) is 8.98. The third-order valence-electron chi connectivity index (χ3n) is 4.33. The van der Waals surface area contributed by atoms with Crippen LogP contribution in [-0.2, 0) is 20.8 Å². The molecule has 2 rings (SSSR count). The van der Waals surface area contributed by atoms with E-state index >= 15 is 0 Å². The highest BCUT2D eigenvalue weighted by Gasteiger charge is 2.22. The molecule has 6 nitrogen and oxygen atoms in total. The van der Waals surface area contributed by atoms with E-state index in [1.54, 1.807) is 16.7 Å². The smallest absolute Gasteiger partial charge is 0.308 e. The van der Waals surface area contributed by atoms with E-state index in [1.807, 2.05) is 31.2 Å². The number of likely N-dealkylation sites (N-methyl/N-ethyl adjacent to an activating group) is 1. The Morgan fingerprint density at radius 3 is 2.46 bits per heavy atom. The van der Waals surface area contributed by atoms with Crippen molar-refractivity contribution in [3.63, 3.8) is 0 Å². The highest BCUT2D eigenvalue weighted by Crippen LogP contribution is 2.21. The molecule has 1 aromatic rings. The van der Waals surface area contributed by atoms with Gasteiger partial charge in [-0.1, -0.05) is 19.1 Å². The molecular weight excluding hydrogens is 308 g/mol. The lowest BCUT2D eigenvalue weighted by atomic mass is 10.1. The fourth-order valence-electron chi connectivity index (χ4n) is 2.82. The molecule has 1 heterocycles. The molecule has 1 unspecified atom stereocenters. The summed E-state index contributed by atoms with van der Waals surface area (Å²) in [5.41, 5.74) is 1.72. The van der Waals surface area contributed by atoms with Crippen molar-refractivity contribution in [3.05, 3.63) is 29.8 Å². The minimum atomic E-state index is -0.902. The van der Waals surface area contributed by atoms with Crippen LogP contribution in [0, 0.1) is 5.92 Å². The maximum Gasteiger partial charge on any atom is 0.308 e. The van der Waals surface area contributed by atoms with Crippen LogP contribution in [0.1, 0.15) is 32.3 Å². The fourth-order valence-corrected chi connectivity index (χ4v) is 2.82. The van der Waals surface area contributed by atoms with Crippen molar-refractivity contribution in [1.29, 1.82) is 0 Å². The Hall–Kier alpha value is -2.37. The van der Waals surface area contributed by atoms with Crippen LogP contribution >= 0.6 is 0 Å². The topological polar surface area (TPSA) is 77.9 Å². The number of aliphatic carboxylic acids is 1. The number of hydrogen-bond acceptors (Lipinski definition) is 3. The molecule has 130 valence electrons. The molecule has 1 aromatic carbocycles. The van der Waals surface area contributed by atoms with Crippen molar-refractivity contribution in [3.8, 4) is 0 Å². The first kappa shape index (κ1) is 18.0. The number of nitrogens with zero attached hydrogens (tertiary/aromatic N) is 2. The quantitative estimate of drug-likeness (QED) is 0.827. The van der Waals surface area contributed by atoms with Gasteiger partial charge in [0.05, 0.1) is 12.3 Å². The molecule has 24 heavy (non-hydrogen) atoms. The summed E-state index contributed by atoms with van der Waals surface area (Å²) >= 11 is 0. The highest BCUT2D eigenvalue weighted by atomic mass is 16.4. The molecule has 2 amide bonds. The van der Waals surface area contributed by atoms with Crippen LogP contribution in [0.4, 0.5) is 5.69 Å². The van der Waals surface area contributed by atoms with Gasteiger partial charge in [-0.15, -0.1) is 0 Å². The van der Waals surface area contributed by atoms with Crippen LogP contribution in [0.25, 0.3) is 0 Å². The van der Waals surface area contributed by atoms with E-state index in [4.69, 9.17) is 5.11 Å². The van der Waals surface area contributed by atoms with E-state index in [-0.39, 0.29) is 24.8 Å². The van der Waals surface area contributed by atoms with Gasteiger partial charge in [-0.25, -0.2) is 0 Å². The third-order valence-corrected chi connectivity index (χ3v) is 4.33. The Morgan fingerprint density at radius 2 is 1.96 bits per heavy atom. The number of hydrogen-bond donors (Lipinski definition) is 1. The SMILES string of the molecule is CCN(CC(C)C(=O)O)C(=O)Cc1ccc(N2CCCC2=O)cc1. The van der Waals surface area contributed by atoms with Crippen molar-refractivity contribution in [2.24, 2.45) is 5.92 Å². The van der Waals surface area contributed by atoms with Gasteiger partial charge in [-0.3, -0.25) is 14.4 Å². The van der Waals surface area contributed by atoms with Crippen LogP contribution < -0.4 is 4.90 Å². The molecule has 0 aromatic heterocycles. The minimum Gasteiger partial charge on any atom is -0.481 e. The van der Waals surface area contributed by atoms with Crippen molar-refractivity contribution < 1.29 is 19.5 Å². The normalized spacial score (nSPS) is 15.4. The number of carboxylic acids is 1. The summed E-state index contributed by atoms with van der Waals surface area (Å²) < 4.78 is 0. The van der Waals surface area contributed by atoms with Crippen LogP contribution in [0.2, 0.25) is 0 Å². The molecule has 1 aliphatic rings. The van der Waals surface area contributed by atoms with Crippen molar-refractivity contribution >= 4 is 23.5 Å². The molecule has 0 bridgehead atoms. The lowest BCUT2D eigenvalue weighted by molar-refractivity contribution is -0.143. The van der Waals surface area contributed by atoms with Crippen LogP contribution in [-0.4, -0.2) is 47.4 Å². The molecule has 0 aliphatic carbocycles. The van der Waals surface area contributed by atoms with Crippen LogP contribution in [0.5, 0.6) is 0 Å². The first-order valence-corrected chi connectivity index (χ1v) is 8.32. The summed E-state index contributed by atoms with van der Waals surface area (Å²) in [7, 11) is 0. The average molecular weight is 332 g/mol. The zero-order chi connectivity index (χ0) is 17.7. The molecule has 0 radical (unpaired) electrons. The Balaban J connectivity index is 1.98. The standard InChI is InChI=1S/C18H24N2O4/c1-3-19(12-13(2)18(23)24)17(22)11-14-6-8-15(9-7-14)20-10-4-5-16(20)21/h6-9,13H,3-5,10-12H2,1-2H3,(H,23,24). The number of rotatable bonds is 7. The van der Waals surface area contributed by atoms with E-state index in [0.717, 1.165) is 24.2 Å². The zero-order valence-electron chi connectivity index (χ0n) is 14.2.